The first-order valence-electron chi connectivity index (χ1n) is 9.44. The van der Waals surface area contributed by atoms with Crippen LogP contribution in [-0.2, 0) is 6.54 Å². The van der Waals surface area contributed by atoms with Gasteiger partial charge in [-0.05, 0) is 43.7 Å². The molecule has 1 saturated heterocycles. The second-order valence-electron chi connectivity index (χ2n) is 7.67. The van der Waals surface area contributed by atoms with Gasteiger partial charge in [0, 0.05) is 19.6 Å². The van der Waals surface area contributed by atoms with Crippen molar-refractivity contribution >= 4 is 11.6 Å². The summed E-state index contributed by atoms with van der Waals surface area (Å²) < 4.78 is 11.5. The van der Waals surface area contributed by atoms with Crippen molar-refractivity contribution in [1.82, 2.24) is 15.1 Å². The lowest BCUT2D eigenvalue weighted by molar-refractivity contribution is -0.0240. The molecule has 1 aromatic heterocycles. The van der Waals surface area contributed by atoms with Gasteiger partial charge < -0.3 is 14.6 Å². The van der Waals surface area contributed by atoms with Gasteiger partial charge in [-0.3, -0.25) is 10.00 Å². The van der Waals surface area contributed by atoms with E-state index in [0.717, 1.165) is 48.9 Å². The monoisotopic (exact) mass is 391 g/mol. The van der Waals surface area contributed by atoms with E-state index in [0.29, 0.717) is 23.3 Å². The van der Waals surface area contributed by atoms with Gasteiger partial charge in [0.1, 0.15) is 6.10 Å². The van der Waals surface area contributed by atoms with Gasteiger partial charge in [-0.15, -0.1) is 0 Å². The molecule has 2 fully saturated rings. The Bertz CT molecular complexity index is 797. The molecule has 1 saturated carbocycles. The number of para-hydroxylation sites is 2. The third-order valence-electron chi connectivity index (χ3n) is 5.82. The van der Waals surface area contributed by atoms with Crippen LogP contribution >= 0.6 is 11.6 Å². The smallest absolute Gasteiger partial charge is 0.161 e. The highest BCUT2D eigenvalue weighted by molar-refractivity contribution is 6.31. The van der Waals surface area contributed by atoms with E-state index in [-0.39, 0.29) is 6.10 Å². The number of ether oxygens (including phenoxy) is 2. The van der Waals surface area contributed by atoms with Crippen LogP contribution < -0.4 is 9.47 Å². The highest BCUT2D eigenvalue weighted by atomic mass is 35.5. The molecule has 1 aromatic carbocycles. The Morgan fingerprint density at radius 2 is 1.93 bits per heavy atom. The normalized spacial score (nSPS) is 28.1. The summed E-state index contributed by atoms with van der Waals surface area (Å²) in [5, 5.41) is 18.6. The second kappa shape index (κ2) is 7.70. The molecule has 2 heterocycles. The fraction of sp³-hybridized carbons (Fsp3) is 0.550. The summed E-state index contributed by atoms with van der Waals surface area (Å²) in [6.07, 6.45) is 0.924. The van der Waals surface area contributed by atoms with Gasteiger partial charge in [-0.2, -0.15) is 5.10 Å². The molecule has 0 amide bonds. The van der Waals surface area contributed by atoms with Crippen LogP contribution in [0.4, 0.5) is 0 Å². The Hall–Kier alpha value is -1.76. The minimum Gasteiger partial charge on any atom is -0.493 e. The van der Waals surface area contributed by atoms with Crippen LogP contribution in [0.5, 0.6) is 11.5 Å². The summed E-state index contributed by atoms with van der Waals surface area (Å²) in [6.45, 7) is 4.61. The Labute approximate surface area is 164 Å². The number of aliphatic hydroxyl groups excluding tert-OH is 1. The average Bonchev–Trinajstić information content (AvgIpc) is 3.19. The zero-order valence-corrected chi connectivity index (χ0v) is 16.4. The Morgan fingerprint density at radius 3 is 2.59 bits per heavy atom. The van der Waals surface area contributed by atoms with E-state index < -0.39 is 6.10 Å². The van der Waals surface area contributed by atoms with E-state index in [4.69, 9.17) is 21.1 Å². The summed E-state index contributed by atoms with van der Waals surface area (Å²) >= 11 is 6.31. The first-order valence-corrected chi connectivity index (χ1v) is 9.82. The number of H-pyrrole nitrogens is 1. The van der Waals surface area contributed by atoms with Crippen LogP contribution in [0.2, 0.25) is 5.02 Å². The van der Waals surface area contributed by atoms with Crippen molar-refractivity contribution < 1.29 is 14.6 Å². The molecule has 2 N–H and O–H groups in total. The van der Waals surface area contributed by atoms with Crippen LogP contribution in [0.25, 0.3) is 0 Å². The Morgan fingerprint density at radius 1 is 1.22 bits per heavy atom. The zero-order valence-electron chi connectivity index (χ0n) is 15.7. The lowest BCUT2D eigenvalue weighted by Gasteiger charge is -2.35. The lowest BCUT2D eigenvalue weighted by atomic mass is 9.78. The number of aliphatic hydroxyl groups is 1. The lowest BCUT2D eigenvalue weighted by Crippen LogP contribution is -2.42. The van der Waals surface area contributed by atoms with Gasteiger partial charge in [0.2, 0.25) is 0 Å². The largest absolute Gasteiger partial charge is 0.493 e. The standard InChI is InChI=1S/C20H26ClN3O3/c1-12-20(21)15(23-22-12)11-24-9-13-7-16(25)19(8-14(13)10-24)27-18-6-4-3-5-17(18)26-2/h3-6,13-14,16,19,25H,7-11H2,1-2H3,(H,22,23)/t13-,14+,16+,19+/m0/s1. The molecule has 2 aliphatic rings. The minimum absolute atomic E-state index is 0.210. The first kappa shape index (κ1) is 18.6. The number of aryl methyl sites for hydroxylation is 1. The van der Waals surface area contributed by atoms with E-state index in [2.05, 4.69) is 15.1 Å². The molecular formula is C20H26ClN3O3. The molecule has 0 radical (unpaired) electrons. The SMILES string of the molecule is COc1ccccc1O[C@@H]1C[C@@H]2CN(Cc3n[nH]c(C)c3Cl)C[C@@H]2C[C@H]1O. The number of hydrogen-bond donors (Lipinski definition) is 2. The van der Waals surface area contributed by atoms with Gasteiger partial charge in [0.15, 0.2) is 11.5 Å². The first-order chi connectivity index (χ1) is 13.0. The van der Waals surface area contributed by atoms with Gasteiger partial charge in [-0.1, -0.05) is 23.7 Å². The molecule has 146 valence electrons. The number of hydrogen-bond acceptors (Lipinski definition) is 5. The summed E-state index contributed by atoms with van der Waals surface area (Å²) in [6, 6.07) is 7.60. The maximum absolute atomic E-state index is 10.6. The van der Waals surface area contributed by atoms with Crippen molar-refractivity contribution in [3.05, 3.63) is 40.7 Å². The maximum atomic E-state index is 10.6. The summed E-state index contributed by atoms with van der Waals surface area (Å²) in [5.74, 6) is 2.38. The van der Waals surface area contributed by atoms with Crippen molar-refractivity contribution in [2.45, 2.75) is 38.5 Å². The van der Waals surface area contributed by atoms with Crippen molar-refractivity contribution in [1.29, 1.82) is 0 Å². The van der Waals surface area contributed by atoms with E-state index in [1.165, 1.54) is 0 Å². The average molecular weight is 392 g/mol. The maximum Gasteiger partial charge on any atom is 0.161 e. The van der Waals surface area contributed by atoms with Crippen molar-refractivity contribution in [3.8, 4) is 11.5 Å². The molecular weight excluding hydrogens is 366 g/mol. The van der Waals surface area contributed by atoms with E-state index in [1.54, 1.807) is 7.11 Å². The number of nitrogens with one attached hydrogen (secondary N) is 1. The van der Waals surface area contributed by atoms with Crippen molar-refractivity contribution in [3.63, 3.8) is 0 Å². The third-order valence-corrected chi connectivity index (χ3v) is 6.32. The number of benzene rings is 1. The van der Waals surface area contributed by atoms with Gasteiger partial charge >= 0.3 is 0 Å². The number of fused-ring (bicyclic) bond motifs is 1. The number of aromatic amines is 1. The zero-order chi connectivity index (χ0) is 19.0. The molecule has 0 unspecified atom stereocenters. The quantitative estimate of drug-likeness (QED) is 0.819. The van der Waals surface area contributed by atoms with Gasteiger partial charge in [-0.25, -0.2) is 0 Å². The number of halogens is 1. The molecule has 27 heavy (non-hydrogen) atoms. The molecule has 0 spiro atoms. The molecule has 4 atom stereocenters. The number of nitrogens with zero attached hydrogens (tertiary/aromatic N) is 2. The van der Waals surface area contributed by atoms with E-state index >= 15 is 0 Å². The minimum atomic E-state index is -0.465. The molecule has 6 nitrogen and oxygen atoms in total. The van der Waals surface area contributed by atoms with Crippen LogP contribution in [0.3, 0.4) is 0 Å². The van der Waals surface area contributed by atoms with Crippen molar-refractivity contribution in [2.75, 3.05) is 20.2 Å². The fourth-order valence-electron chi connectivity index (χ4n) is 4.40. The van der Waals surface area contributed by atoms with Crippen molar-refractivity contribution in [2.24, 2.45) is 11.8 Å². The van der Waals surface area contributed by atoms with Gasteiger partial charge in [0.25, 0.3) is 0 Å². The molecule has 0 bridgehead atoms. The summed E-state index contributed by atoms with van der Waals surface area (Å²) in [5.41, 5.74) is 1.80. The topological polar surface area (TPSA) is 70.6 Å². The number of rotatable bonds is 5. The second-order valence-corrected chi connectivity index (χ2v) is 8.05. The highest BCUT2D eigenvalue weighted by Crippen LogP contribution is 2.40. The van der Waals surface area contributed by atoms with Crippen LogP contribution in [0.1, 0.15) is 24.2 Å². The summed E-state index contributed by atoms with van der Waals surface area (Å²) in [4.78, 5) is 2.38. The third kappa shape index (κ3) is 3.79. The predicted octanol–water partition coefficient (Wildman–Crippen LogP) is 3.03. The molecule has 1 aliphatic heterocycles. The molecule has 4 rings (SSSR count). The Kier molecular flexibility index (Phi) is 5.30. The fourth-order valence-corrected chi connectivity index (χ4v) is 4.55. The van der Waals surface area contributed by atoms with Crippen LogP contribution in [0, 0.1) is 18.8 Å². The van der Waals surface area contributed by atoms with Crippen LogP contribution in [0.15, 0.2) is 24.3 Å². The van der Waals surface area contributed by atoms with Crippen LogP contribution in [-0.4, -0.2) is 52.6 Å². The number of aromatic nitrogens is 2. The molecule has 1 aliphatic carbocycles. The number of methoxy groups -OCH3 is 1. The van der Waals surface area contributed by atoms with Gasteiger partial charge in [0.05, 0.1) is 29.6 Å². The number of likely N-dealkylation sites (tertiary alicyclic amines) is 1. The molecule has 7 heteroatoms. The predicted molar refractivity (Wildman–Crippen MR) is 103 cm³/mol. The Balaban J connectivity index is 1.40. The summed E-state index contributed by atoms with van der Waals surface area (Å²) in [7, 11) is 1.63. The highest BCUT2D eigenvalue weighted by Gasteiger charge is 2.43. The van der Waals surface area contributed by atoms with E-state index in [9.17, 15) is 5.11 Å². The van der Waals surface area contributed by atoms with E-state index in [1.807, 2.05) is 31.2 Å². The molecule has 2 aromatic rings.